The van der Waals surface area contributed by atoms with Gasteiger partial charge >= 0.3 is 0 Å². The number of rotatable bonds is 5. The van der Waals surface area contributed by atoms with Crippen LogP contribution in [0.25, 0.3) is 0 Å². The molecule has 2 amide bonds. The molecule has 3 aliphatic rings. The van der Waals surface area contributed by atoms with Crippen LogP contribution in [0.1, 0.15) is 29.6 Å². The molecule has 9 nitrogen and oxygen atoms in total. The monoisotopic (exact) mass is 471 g/mol. The number of amides is 2. The van der Waals surface area contributed by atoms with Gasteiger partial charge in [0.15, 0.2) is 11.5 Å². The minimum atomic E-state index is -3.52. The normalized spacial score (nSPS) is 20.8. The molecule has 3 aliphatic heterocycles. The summed E-state index contributed by atoms with van der Waals surface area (Å²) in [6, 6.07) is 10.9. The van der Waals surface area contributed by atoms with Crippen LogP contribution in [0.3, 0.4) is 0 Å². The second-order valence-corrected chi connectivity index (χ2v) is 10.3. The Bertz CT molecular complexity index is 1180. The molecule has 5 rings (SSSR count). The van der Waals surface area contributed by atoms with Crippen molar-refractivity contribution in [2.45, 2.75) is 30.2 Å². The van der Waals surface area contributed by atoms with E-state index in [4.69, 9.17) is 9.47 Å². The number of carbonyl (C=O) groups excluding carboxylic acids is 2. The van der Waals surface area contributed by atoms with Crippen molar-refractivity contribution in [1.29, 1.82) is 0 Å². The molecule has 174 valence electrons. The van der Waals surface area contributed by atoms with Gasteiger partial charge in [-0.05, 0) is 49.2 Å². The fraction of sp³-hybridized carbons (Fsp3) is 0.391. The summed E-state index contributed by atoms with van der Waals surface area (Å²) in [5.74, 6) is 0.811. The Balaban J connectivity index is 1.24. The molecule has 0 aliphatic carbocycles. The van der Waals surface area contributed by atoms with Gasteiger partial charge in [-0.25, -0.2) is 8.42 Å². The number of carbonyl (C=O) groups is 2. The Labute approximate surface area is 192 Å². The predicted octanol–water partition coefficient (Wildman–Crippen LogP) is 1.78. The summed E-state index contributed by atoms with van der Waals surface area (Å²) in [6.45, 7) is 2.35. The number of nitrogens with one attached hydrogen (secondary N) is 1. The van der Waals surface area contributed by atoms with Crippen LogP contribution < -0.4 is 19.7 Å². The van der Waals surface area contributed by atoms with Crippen molar-refractivity contribution in [3.63, 3.8) is 0 Å². The van der Waals surface area contributed by atoms with Gasteiger partial charge in [-0.15, -0.1) is 0 Å². The molecule has 2 fully saturated rings. The van der Waals surface area contributed by atoms with Crippen LogP contribution in [-0.4, -0.2) is 63.4 Å². The van der Waals surface area contributed by atoms with E-state index >= 15 is 0 Å². The smallest absolute Gasteiger partial charge is 0.251 e. The van der Waals surface area contributed by atoms with Gasteiger partial charge in [0.05, 0.1) is 10.9 Å². The number of anilines is 1. The SMILES string of the molecule is O=C(NC1CC(=O)N(c2ccc3c(c2)OCCO3)C1)c1ccc(S(=O)(=O)N2CCCC2)cc1. The quantitative estimate of drug-likeness (QED) is 0.713. The molecule has 0 saturated carbocycles. The Morgan fingerprint density at radius 2 is 1.67 bits per heavy atom. The van der Waals surface area contributed by atoms with E-state index in [9.17, 15) is 18.0 Å². The fourth-order valence-corrected chi connectivity index (χ4v) is 5.90. The van der Waals surface area contributed by atoms with E-state index in [2.05, 4.69) is 5.32 Å². The average molecular weight is 472 g/mol. The van der Waals surface area contributed by atoms with E-state index in [0.29, 0.717) is 55.6 Å². The highest BCUT2D eigenvalue weighted by Gasteiger charge is 2.33. The summed E-state index contributed by atoms with van der Waals surface area (Å²) >= 11 is 0. The molecule has 0 bridgehead atoms. The van der Waals surface area contributed by atoms with Gasteiger partial charge in [0.2, 0.25) is 15.9 Å². The molecule has 10 heteroatoms. The van der Waals surface area contributed by atoms with Gasteiger partial charge in [0, 0.05) is 43.4 Å². The average Bonchev–Trinajstić information content (AvgIpc) is 3.49. The third-order valence-electron chi connectivity index (χ3n) is 6.12. The topological polar surface area (TPSA) is 105 Å². The molecule has 0 spiro atoms. The molecule has 0 radical (unpaired) electrons. The van der Waals surface area contributed by atoms with E-state index in [1.54, 1.807) is 23.1 Å². The third-order valence-corrected chi connectivity index (χ3v) is 8.03. The largest absolute Gasteiger partial charge is 0.486 e. The second-order valence-electron chi connectivity index (χ2n) is 8.34. The summed E-state index contributed by atoms with van der Waals surface area (Å²) in [6.07, 6.45) is 1.91. The van der Waals surface area contributed by atoms with Crippen molar-refractivity contribution >= 4 is 27.5 Å². The summed E-state index contributed by atoms with van der Waals surface area (Å²) in [4.78, 5) is 27.1. The van der Waals surface area contributed by atoms with E-state index < -0.39 is 10.0 Å². The minimum Gasteiger partial charge on any atom is -0.486 e. The van der Waals surface area contributed by atoms with Crippen LogP contribution in [0.2, 0.25) is 0 Å². The number of sulfonamides is 1. The van der Waals surface area contributed by atoms with Crippen molar-refractivity contribution in [2.75, 3.05) is 37.7 Å². The number of nitrogens with zero attached hydrogens (tertiary/aromatic N) is 2. The lowest BCUT2D eigenvalue weighted by molar-refractivity contribution is -0.117. The highest BCUT2D eigenvalue weighted by Crippen LogP contribution is 2.35. The van der Waals surface area contributed by atoms with Crippen molar-refractivity contribution in [2.24, 2.45) is 0 Å². The zero-order valence-electron chi connectivity index (χ0n) is 18.0. The van der Waals surface area contributed by atoms with E-state index in [1.807, 2.05) is 0 Å². The molecule has 3 heterocycles. The summed E-state index contributed by atoms with van der Waals surface area (Å²) in [5, 5.41) is 2.88. The number of hydrogen-bond donors (Lipinski definition) is 1. The predicted molar refractivity (Wildman–Crippen MR) is 120 cm³/mol. The maximum Gasteiger partial charge on any atom is 0.251 e. The summed E-state index contributed by atoms with van der Waals surface area (Å²) < 4.78 is 37.9. The molecule has 2 aromatic rings. The first kappa shape index (κ1) is 21.7. The van der Waals surface area contributed by atoms with E-state index in [1.165, 1.54) is 28.6 Å². The number of ether oxygens (including phenoxy) is 2. The summed E-state index contributed by atoms with van der Waals surface area (Å²) in [5.41, 5.74) is 1.04. The Kier molecular flexibility index (Phi) is 5.71. The zero-order chi connectivity index (χ0) is 23.0. The lowest BCUT2D eigenvalue weighted by atomic mass is 10.2. The van der Waals surface area contributed by atoms with E-state index in [-0.39, 0.29) is 29.2 Å². The first-order valence-electron chi connectivity index (χ1n) is 11.0. The molecular formula is C23H25N3O6S. The van der Waals surface area contributed by atoms with Gasteiger partial charge in [0.1, 0.15) is 13.2 Å². The first-order chi connectivity index (χ1) is 15.9. The molecule has 1 unspecified atom stereocenters. The highest BCUT2D eigenvalue weighted by molar-refractivity contribution is 7.89. The van der Waals surface area contributed by atoms with Gasteiger partial charge < -0.3 is 19.7 Å². The lowest BCUT2D eigenvalue weighted by Gasteiger charge is -2.22. The fourth-order valence-electron chi connectivity index (χ4n) is 4.38. The molecule has 2 saturated heterocycles. The van der Waals surface area contributed by atoms with Crippen molar-refractivity contribution in [1.82, 2.24) is 9.62 Å². The lowest BCUT2D eigenvalue weighted by Crippen LogP contribution is -2.37. The molecule has 1 N–H and O–H groups in total. The number of hydrogen-bond acceptors (Lipinski definition) is 6. The molecule has 33 heavy (non-hydrogen) atoms. The van der Waals surface area contributed by atoms with Crippen LogP contribution >= 0.6 is 0 Å². The maximum atomic E-state index is 12.7. The molecule has 1 atom stereocenters. The second kappa shape index (κ2) is 8.68. The highest BCUT2D eigenvalue weighted by atomic mass is 32.2. The van der Waals surface area contributed by atoms with Crippen molar-refractivity contribution in [3.8, 4) is 11.5 Å². The van der Waals surface area contributed by atoms with Crippen LogP contribution in [0.4, 0.5) is 5.69 Å². The van der Waals surface area contributed by atoms with Crippen molar-refractivity contribution < 1.29 is 27.5 Å². The number of fused-ring (bicyclic) bond motifs is 1. The third kappa shape index (κ3) is 4.28. The van der Waals surface area contributed by atoms with Gasteiger partial charge in [-0.2, -0.15) is 4.31 Å². The van der Waals surface area contributed by atoms with Gasteiger partial charge in [-0.3, -0.25) is 9.59 Å². The zero-order valence-corrected chi connectivity index (χ0v) is 18.8. The molecular weight excluding hydrogens is 446 g/mol. The van der Waals surface area contributed by atoms with Crippen LogP contribution in [0.15, 0.2) is 47.4 Å². The number of benzene rings is 2. The molecule has 0 aromatic heterocycles. The van der Waals surface area contributed by atoms with Crippen LogP contribution in [-0.2, 0) is 14.8 Å². The van der Waals surface area contributed by atoms with E-state index in [0.717, 1.165) is 12.8 Å². The Hall–Kier alpha value is -3.11. The van der Waals surface area contributed by atoms with Crippen LogP contribution in [0.5, 0.6) is 11.5 Å². The standard InChI is InChI=1S/C23H25N3O6S/c27-22-13-17(15-26(22)18-5-8-20-21(14-18)32-12-11-31-20)24-23(28)16-3-6-19(7-4-16)33(29,30)25-9-1-2-10-25/h3-8,14,17H,1-2,9-13,15H2,(H,24,28). The van der Waals surface area contributed by atoms with Crippen molar-refractivity contribution in [3.05, 3.63) is 48.0 Å². The van der Waals surface area contributed by atoms with Gasteiger partial charge in [-0.1, -0.05) is 0 Å². The Morgan fingerprint density at radius 1 is 0.970 bits per heavy atom. The minimum absolute atomic E-state index is 0.0935. The molecule has 2 aromatic carbocycles. The summed E-state index contributed by atoms with van der Waals surface area (Å²) in [7, 11) is -3.52. The maximum absolute atomic E-state index is 12.7. The van der Waals surface area contributed by atoms with Crippen LogP contribution in [0, 0.1) is 0 Å². The first-order valence-corrected chi connectivity index (χ1v) is 12.5. The Morgan fingerprint density at radius 3 is 2.39 bits per heavy atom. The van der Waals surface area contributed by atoms with Gasteiger partial charge in [0.25, 0.3) is 5.91 Å².